The number of hydrogen-bond acceptors (Lipinski definition) is 4. The first-order chi connectivity index (χ1) is 7.50. The highest BCUT2D eigenvalue weighted by molar-refractivity contribution is 14.1. The summed E-state index contributed by atoms with van der Waals surface area (Å²) in [7, 11) is -4.02. The van der Waals surface area contributed by atoms with E-state index in [0.717, 1.165) is 6.07 Å². The predicted molar refractivity (Wildman–Crippen MR) is 59.7 cm³/mol. The molecule has 0 aliphatic carbocycles. The molecule has 0 unspecified atom stereocenters. The van der Waals surface area contributed by atoms with Gasteiger partial charge in [-0.2, -0.15) is 0 Å². The van der Waals surface area contributed by atoms with Crippen molar-refractivity contribution in [2.45, 2.75) is 18.2 Å². The molecule has 0 saturated heterocycles. The third-order valence-corrected chi connectivity index (χ3v) is 3.72. The Morgan fingerprint density at radius 3 is 2.41 bits per heavy atom. The van der Waals surface area contributed by atoms with E-state index in [1.54, 1.807) is 0 Å². The van der Waals surface area contributed by atoms with Crippen LogP contribution in [0.4, 0.5) is 13.2 Å². The summed E-state index contributed by atoms with van der Waals surface area (Å²) in [6, 6.07) is 0.977. The molecule has 0 radical (unpaired) electrons. The number of pyridine rings is 1. The predicted octanol–water partition coefficient (Wildman–Crippen LogP) is 1.54. The third-order valence-electron chi connectivity index (χ3n) is 1.61. The maximum atomic E-state index is 12.0. The van der Waals surface area contributed by atoms with Crippen LogP contribution in [-0.4, -0.2) is 19.8 Å². The van der Waals surface area contributed by atoms with Crippen LogP contribution in [0, 0.1) is 10.6 Å². The fourth-order valence-electron chi connectivity index (χ4n) is 0.963. The van der Waals surface area contributed by atoms with Gasteiger partial charge in [0.05, 0.1) is 0 Å². The summed E-state index contributed by atoms with van der Waals surface area (Å²) in [6.45, 7) is 1.23. The largest absolute Gasteiger partial charge is 0.574 e. The first-order valence-corrected chi connectivity index (χ1v) is 6.59. The van der Waals surface area contributed by atoms with Crippen molar-refractivity contribution in [1.29, 1.82) is 0 Å². The average molecular weight is 382 g/mol. The molecule has 0 aliphatic rings. The van der Waals surface area contributed by atoms with Crippen molar-refractivity contribution in [3.8, 4) is 5.88 Å². The minimum atomic E-state index is -4.88. The number of halogens is 4. The summed E-state index contributed by atoms with van der Waals surface area (Å²) in [5.74, 6) is -0.700. The molecule has 1 aromatic rings. The molecule has 0 saturated carbocycles. The van der Waals surface area contributed by atoms with E-state index in [2.05, 4.69) is 9.72 Å². The van der Waals surface area contributed by atoms with Crippen LogP contribution in [-0.2, 0) is 10.0 Å². The van der Waals surface area contributed by atoms with E-state index in [0.29, 0.717) is 0 Å². The highest BCUT2D eigenvalue weighted by Gasteiger charge is 2.33. The van der Waals surface area contributed by atoms with E-state index in [4.69, 9.17) is 5.14 Å². The van der Waals surface area contributed by atoms with Gasteiger partial charge in [-0.3, -0.25) is 0 Å². The summed E-state index contributed by atoms with van der Waals surface area (Å²) < 4.78 is 61.5. The molecule has 96 valence electrons. The van der Waals surface area contributed by atoms with Crippen molar-refractivity contribution in [3.63, 3.8) is 0 Å². The van der Waals surface area contributed by atoms with E-state index in [-0.39, 0.29) is 14.2 Å². The number of sulfonamides is 1. The lowest BCUT2D eigenvalue weighted by Crippen LogP contribution is -2.20. The number of primary sulfonamides is 1. The lowest BCUT2D eigenvalue weighted by atomic mass is 10.3. The summed E-state index contributed by atoms with van der Waals surface area (Å²) in [6.07, 6.45) is -4.88. The highest BCUT2D eigenvalue weighted by atomic mass is 127. The molecule has 10 heteroatoms. The standard InChI is InChI=1S/C7H6F3IN2O3S/c1-3-2-4(17(12,14)15)5(11)13-6(3)16-7(8,9)10/h2H,1H3,(H2,12,14,15). The van der Waals surface area contributed by atoms with Crippen LogP contribution in [0.2, 0.25) is 0 Å². The van der Waals surface area contributed by atoms with E-state index < -0.39 is 22.3 Å². The second-order valence-corrected chi connectivity index (χ2v) is 5.54. The SMILES string of the molecule is Cc1cc(S(N)(=O)=O)c(I)nc1OC(F)(F)F. The van der Waals surface area contributed by atoms with Crippen molar-refractivity contribution < 1.29 is 26.3 Å². The maximum absolute atomic E-state index is 12.0. The van der Waals surface area contributed by atoms with Gasteiger partial charge in [-0.1, -0.05) is 0 Å². The third kappa shape index (κ3) is 3.96. The number of ether oxygens (including phenoxy) is 1. The summed E-state index contributed by atoms with van der Waals surface area (Å²) in [5.41, 5.74) is -0.0771. The number of aryl methyl sites for hydroxylation is 1. The lowest BCUT2D eigenvalue weighted by Gasteiger charge is -2.11. The van der Waals surface area contributed by atoms with Crippen molar-refractivity contribution in [2.24, 2.45) is 5.14 Å². The zero-order valence-electron chi connectivity index (χ0n) is 8.25. The number of aromatic nitrogens is 1. The molecule has 0 amide bonds. The summed E-state index contributed by atoms with van der Waals surface area (Å²) in [5, 5.41) is 4.87. The van der Waals surface area contributed by atoms with Gasteiger partial charge < -0.3 is 4.74 Å². The molecule has 0 aromatic carbocycles. The fraction of sp³-hybridized carbons (Fsp3) is 0.286. The van der Waals surface area contributed by atoms with Crippen LogP contribution in [0.25, 0.3) is 0 Å². The zero-order chi connectivity index (χ0) is 13.4. The molecule has 5 nitrogen and oxygen atoms in total. The second kappa shape index (κ2) is 4.57. The van der Waals surface area contributed by atoms with Crippen LogP contribution in [0.1, 0.15) is 5.56 Å². The minimum Gasteiger partial charge on any atom is -0.388 e. The Hall–Kier alpha value is -0.620. The van der Waals surface area contributed by atoms with Crippen molar-refractivity contribution in [1.82, 2.24) is 4.98 Å². The topological polar surface area (TPSA) is 82.3 Å². The van der Waals surface area contributed by atoms with E-state index in [1.165, 1.54) is 29.5 Å². The van der Waals surface area contributed by atoms with Crippen LogP contribution in [0.5, 0.6) is 5.88 Å². The maximum Gasteiger partial charge on any atom is 0.574 e. The van der Waals surface area contributed by atoms with Crippen molar-refractivity contribution in [3.05, 3.63) is 15.3 Å². The molecule has 0 spiro atoms. The van der Waals surface area contributed by atoms with Gasteiger partial charge in [0, 0.05) is 5.56 Å². The van der Waals surface area contributed by atoms with E-state index in [1.807, 2.05) is 0 Å². The van der Waals surface area contributed by atoms with Gasteiger partial charge in [0.1, 0.15) is 8.60 Å². The number of hydrogen-bond donors (Lipinski definition) is 1. The van der Waals surface area contributed by atoms with Gasteiger partial charge in [0.2, 0.25) is 15.9 Å². The van der Waals surface area contributed by atoms with E-state index >= 15 is 0 Å². The molecule has 2 N–H and O–H groups in total. The Morgan fingerprint density at radius 1 is 1.47 bits per heavy atom. The van der Waals surface area contributed by atoms with Crippen LogP contribution in [0.15, 0.2) is 11.0 Å². The van der Waals surface area contributed by atoms with Crippen LogP contribution >= 0.6 is 22.6 Å². The lowest BCUT2D eigenvalue weighted by molar-refractivity contribution is -0.276. The molecule has 1 aromatic heterocycles. The number of alkyl halides is 3. The number of rotatable bonds is 2. The number of nitrogens with zero attached hydrogens (tertiary/aromatic N) is 1. The van der Waals surface area contributed by atoms with Gasteiger partial charge >= 0.3 is 6.36 Å². The van der Waals surface area contributed by atoms with Crippen LogP contribution < -0.4 is 9.88 Å². The number of nitrogens with two attached hydrogens (primary N) is 1. The Balaban J connectivity index is 3.29. The van der Waals surface area contributed by atoms with Gasteiger partial charge in [-0.25, -0.2) is 18.5 Å². The average Bonchev–Trinajstić information content (AvgIpc) is 2.06. The van der Waals surface area contributed by atoms with Crippen molar-refractivity contribution in [2.75, 3.05) is 0 Å². The Labute approximate surface area is 108 Å². The first kappa shape index (κ1) is 14.4. The Bertz CT molecular complexity index is 544. The molecule has 0 aliphatic heterocycles. The van der Waals surface area contributed by atoms with Gasteiger partial charge in [0.25, 0.3) is 0 Å². The Morgan fingerprint density at radius 2 is 2.00 bits per heavy atom. The quantitative estimate of drug-likeness (QED) is 0.622. The first-order valence-electron chi connectivity index (χ1n) is 3.96. The molecule has 1 rings (SSSR count). The molecular formula is C7H6F3IN2O3S. The normalized spacial score (nSPS) is 12.6. The molecule has 0 fully saturated rings. The minimum absolute atomic E-state index is 0.0771. The summed E-state index contributed by atoms with van der Waals surface area (Å²) >= 11 is 1.46. The monoisotopic (exact) mass is 382 g/mol. The zero-order valence-corrected chi connectivity index (χ0v) is 11.2. The Kier molecular flexibility index (Phi) is 3.88. The highest BCUT2D eigenvalue weighted by Crippen LogP contribution is 2.27. The van der Waals surface area contributed by atoms with Gasteiger partial charge in [-0.15, -0.1) is 13.2 Å². The van der Waals surface area contributed by atoms with Crippen molar-refractivity contribution >= 4 is 32.6 Å². The fourth-order valence-corrected chi connectivity index (χ4v) is 2.88. The van der Waals surface area contributed by atoms with Gasteiger partial charge in [-0.05, 0) is 35.6 Å². The molecule has 1 heterocycles. The van der Waals surface area contributed by atoms with E-state index in [9.17, 15) is 21.6 Å². The molecule has 0 atom stereocenters. The second-order valence-electron chi connectivity index (χ2n) is 2.99. The van der Waals surface area contributed by atoms with Crippen LogP contribution in [0.3, 0.4) is 0 Å². The summed E-state index contributed by atoms with van der Waals surface area (Å²) in [4.78, 5) is 3.07. The van der Waals surface area contributed by atoms with Gasteiger partial charge in [0.15, 0.2) is 0 Å². The molecular weight excluding hydrogens is 376 g/mol. The molecule has 0 bridgehead atoms. The molecule has 17 heavy (non-hydrogen) atoms. The smallest absolute Gasteiger partial charge is 0.388 e.